The number of piperazine rings is 1. The first-order chi connectivity index (χ1) is 10.2. The van der Waals surface area contributed by atoms with Crippen LogP contribution in [-0.2, 0) is 0 Å². The Morgan fingerprint density at radius 3 is 2.57 bits per heavy atom. The number of nitrogens with one attached hydrogen (secondary N) is 1. The van der Waals surface area contributed by atoms with Crippen LogP contribution in [0.2, 0.25) is 0 Å². The Balaban J connectivity index is 2.36. The van der Waals surface area contributed by atoms with Gasteiger partial charge >= 0.3 is 0 Å². The molecule has 2 rings (SSSR count). The van der Waals surface area contributed by atoms with Gasteiger partial charge in [0.15, 0.2) is 0 Å². The summed E-state index contributed by atoms with van der Waals surface area (Å²) < 4.78 is 11.0. The molecule has 0 saturated carbocycles. The molecule has 1 heterocycles. The summed E-state index contributed by atoms with van der Waals surface area (Å²) in [4.78, 5) is 2.50. The molecule has 1 aromatic carbocycles. The number of methoxy groups -OCH3 is 2. The number of hydrogen-bond acceptors (Lipinski definition) is 4. The van der Waals surface area contributed by atoms with Gasteiger partial charge in [-0.3, -0.25) is 4.90 Å². The van der Waals surface area contributed by atoms with Gasteiger partial charge < -0.3 is 14.8 Å². The van der Waals surface area contributed by atoms with Crippen LogP contribution in [0.25, 0.3) is 0 Å². The van der Waals surface area contributed by atoms with Crippen molar-refractivity contribution in [2.24, 2.45) is 0 Å². The van der Waals surface area contributed by atoms with Crippen LogP contribution in [0.5, 0.6) is 11.5 Å². The highest BCUT2D eigenvalue weighted by atomic mass is 16.5. The first-order valence-corrected chi connectivity index (χ1v) is 7.46. The van der Waals surface area contributed by atoms with Crippen molar-refractivity contribution in [3.63, 3.8) is 0 Å². The van der Waals surface area contributed by atoms with Gasteiger partial charge in [-0.25, -0.2) is 0 Å². The summed E-state index contributed by atoms with van der Waals surface area (Å²) in [5, 5.41) is 3.41. The van der Waals surface area contributed by atoms with E-state index in [9.17, 15) is 0 Å². The normalized spacial score (nSPS) is 17.3. The molecule has 0 bridgehead atoms. The summed E-state index contributed by atoms with van der Waals surface area (Å²) >= 11 is 0. The summed E-state index contributed by atoms with van der Waals surface area (Å²) in [6.07, 6.45) is 0.934. The zero-order valence-electron chi connectivity index (χ0n) is 13.3. The predicted molar refractivity (Wildman–Crippen MR) is 86.2 cm³/mol. The minimum Gasteiger partial charge on any atom is -0.497 e. The van der Waals surface area contributed by atoms with E-state index in [-0.39, 0.29) is 6.04 Å². The summed E-state index contributed by atoms with van der Waals surface area (Å²) in [6.45, 7) is 10.3. The van der Waals surface area contributed by atoms with E-state index >= 15 is 0 Å². The highest BCUT2D eigenvalue weighted by Crippen LogP contribution is 2.36. The second-order valence-corrected chi connectivity index (χ2v) is 5.57. The average molecular weight is 290 g/mol. The van der Waals surface area contributed by atoms with Crippen molar-refractivity contribution in [2.45, 2.75) is 19.4 Å². The molecular weight excluding hydrogens is 264 g/mol. The smallest absolute Gasteiger partial charge is 0.123 e. The molecule has 0 aliphatic carbocycles. The second kappa shape index (κ2) is 7.48. The Bertz CT molecular complexity index is 482. The monoisotopic (exact) mass is 290 g/mol. The third kappa shape index (κ3) is 3.99. The molecule has 1 aromatic rings. The molecule has 4 nitrogen and oxygen atoms in total. The highest BCUT2D eigenvalue weighted by molar-refractivity contribution is 5.42. The van der Waals surface area contributed by atoms with Gasteiger partial charge in [0.05, 0.1) is 14.2 Å². The molecule has 1 aliphatic heterocycles. The highest BCUT2D eigenvalue weighted by Gasteiger charge is 2.25. The van der Waals surface area contributed by atoms with Crippen molar-refractivity contribution in [1.29, 1.82) is 0 Å². The van der Waals surface area contributed by atoms with Crippen molar-refractivity contribution < 1.29 is 9.47 Å². The SMILES string of the molecule is C=C(C)C[C@@H](c1cc(OC)ccc1OC)N1CCNCC1. The van der Waals surface area contributed by atoms with E-state index in [1.807, 2.05) is 12.1 Å². The average Bonchev–Trinajstić information content (AvgIpc) is 2.52. The fourth-order valence-electron chi connectivity index (χ4n) is 2.86. The number of nitrogens with zero attached hydrogens (tertiary/aromatic N) is 1. The third-order valence-corrected chi connectivity index (χ3v) is 3.93. The topological polar surface area (TPSA) is 33.7 Å². The maximum atomic E-state index is 5.57. The van der Waals surface area contributed by atoms with Gasteiger partial charge in [0.25, 0.3) is 0 Å². The van der Waals surface area contributed by atoms with Crippen LogP contribution < -0.4 is 14.8 Å². The number of ether oxygens (including phenoxy) is 2. The first-order valence-electron chi connectivity index (χ1n) is 7.46. The molecule has 21 heavy (non-hydrogen) atoms. The van der Waals surface area contributed by atoms with Crippen LogP contribution >= 0.6 is 0 Å². The second-order valence-electron chi connectivity index (χ2n) is 5.57. The quantitative estimate of drug-likeness (QED) is 0.817. The lowest BCUT2D eigenvalue weighted by Crippen LogP contribution is -2.45. The molecule has 0 radical (unpaired) electrons. The van der Waals surface area contributed by atoms with Crippen LogP contribution in [-0.4, -0.2) is 45.3 Å². The summed E-state index contributed by atoms with van der Waals surface area (Å²) in [6, 6.07) is 6.31. The van der Waals surface area contributed by atoms with Gasteiger partial charge in [0.1, 0.15) is 11.5 Å². The van der Waals surface area contributed by atoms with Gasteiger partial charge in [0, 0.05) is 37.8 Å². The lowest BCUT2D eigenvalue weighted by Gasteiger charge is -2.36. The Kier molecular flexibility index (Phi) is 5.65. The van der Waals surface area contributed by atoms with Crippen LogP contribution in [0.15, 0.2) is 30.4 Å². The Hall–Kier alpha value is -1.52. The molecule has 1 aliphatic rings. The molecule has 1 N–H and O–H groups in total. The lowest BCUT2D eigenvalue weighted by atomic mass is 9.96. The lowest BCUT2D eigenvalue weighted by molar-refractivity contribution is 0.169. The molecule has 0 spiro atoms. The summed E-state index contributed by atoms with van der Waals surface area (Å²) in [7, 11) is 3.42. The zero-order valence-corrected chi connectivity index (χ0v) is 13.3. The Morgan fingerprint density at radius 2 is 2.00 bits per heavy atom. The van der Waals surface area contributed by atoms with Crippen molar-refractivity contribution in [3.05, 3.63) is 35.9 Å². The number of rotatable bonds is 6. The molecule has 1 atom stereocenters. The third-order valence-electron chi connectivity index (χ3n) is 3.93. The fraction of sp³-hybridized carbons (Fsp3) is 0.529. The van der Waals surface area contributed by atoms with Gasteiger partial charge in [-0.2, -0.15) is 0 Å². The minimum absolute atomic E-state index is 0.287. The van der Waals surface area contributed by atoms with E-state index in [2.05, 4.69) is 29.8 Å². The molecular formula is C17H26N2O2. The zero-order chi connectivity index (χ0) is 15.2. The van der Waals surface area contributed by atoms with Gasteiger partial charge in [0.2, 0.25) is 0 Å². The number of hydrogen-bond donors (Lipinski definition) is 1. The van der Waals surface area contributed by atoms with Crippen LogP contribution in [0.3, 0.4) is 0 Å². The predicted octanol–water partition coefficient (Wildman–Crippen LogP) is 2.62. The molecule has 116 valence electrons. The van der Waals surface area contributed by atoms with E-state index in [1.165, 1.54) is 11.1 Å². The van der Waals surface area contributed by atoms with E-state index < -0.39 is 0 Å². The van der Waals surface area contributed by atoms with E-state index in [1.54, 1.807) is 14.2 Å². The van der Waals surface area contributed by atoms with E-state index in [4.69, 9.17) is 9.47 Å². The fourth-order valence-corrected chi connectivity index (χ4v) is 2.86. The molecule has 0 amide bonds. The molecule has 0 aromatic heterocycles. The minimum atomic E-state index is 0.287. The Labute approximate surface area is 127 Å². The van der Waals surface area contributed by atoms with E-state index in [0.29, 0.717) is 0 Å². The van der Waals surface area contributed by atoms with Crippen LogP contribution in [0.1, 0.15) is 24.9 Å². The molecule has 0 unspecified atom stereocenters. The van der Waals surface area contributed by atoms with Crippen LogP contribution in [0, 0.1) is 0 Å². The Morgan fingerprint density at radius 1 is 1.29 bits per heavy atom. The van der Waals surface area contributed by atoms with Crippen molar-refractivity contribution >= 4 is 0 Å². The molecule has 1 fully saturated rings. The van der Waals surface area contributed by atoms with Crippen molar-refractivity contribution in [2.75, 3.05) is 40.4 Å². The van der Waals surface area contributed by atoms with Crippen molar-refractivity contribution in [3.8, 4) is 11.5 Å². The van der Waals surface area contributed by atoms with Gasteiger partial charge in [-0.1, -0.05) is 5.57 Å². The van der Waals surface area contributed by atoms with E-state index in [0.717, 1.165) is 44.1 Å². The molecule has 4 heteroatoms. The van der Waals surface area contributed by atoms with Crippen LogP contribution in [0.4, 0.5) is 0 Å². The van der Waals surface area contributed by atoms with Gasteiger partial charge in [-0.05, 0) is 31.5 Å². The number of benzene rings is 1. The maximum Gasteiger partial charge on any atom is 0.123 e. The first kappa shape index (κ1) is 15.9. The summed E-state index contributed by atoms with van der Waals surface area (Å²) in [5.74, 6) is 1.79. The molecule has 1 saturated heterocycles. The largest absolute Gasteiger partial charge is 0.497 e. The van der Waals surface area contributed by atoms with Crippen molar-refractivity contribution in [1.82, 2.24) is 10.2 Å². The standard InChI is InChI=1S/C17H26N2O2/c1-13(2)11-16(19-9-7-18-8-10-19)15-12-14(20-3)5-6-17(15)21-4/h5-6,12,16,18H,1,7-11H2,2-4H3/t16-/m0/s1. The summed E-state index contributed by atoms with van der Waals surface area (Å²) in [5.41, 5.74) is 2.37. The van der Waals surface area contributed by atoms with Gasteiger partial charge in [-0.15, -0.1) is 6.58 Å². The maximum absolute atomic E-state index is 5.57.